The van der Waals surface area contributed by atoms with Gasteiger partial charge in [-0.1, -0.05) is 24.3 Å². The first-order valence-corrected chi connectivity index (χ1v) is 6.76. The predicted octanol–water partition coefficient (Wildman–Crippen LogP) is 2.64. The van der Waals surface area contributed by atoms with Crippen molar-refractivity contribution < 1.29 is 14.6 Å². The van der Waals surface area contributed by atoms with Crippen molar-refractivity contribution in [3.8, 4) is 0 Å². The highest BCUT2D eigenvalue weighted by Gasteiger charge is 2.11. The van der Waals surface area contributed by atoms with Crippen LogP contribution in [0.4, 0.5) is 0 Å². The van der Waals surface area contributed by atoms with Crippen LogP contribution in [0.3, 0.4) is 0 Å². The van der Waals surface area contributed by atoms with E-state index in [4.69, 9.17) is 9.84 Å². The zero-order valence-electron chi connectivity index (χ0n) is 12.4. The van der Waals surface area contributed by atoms with Gasteiger partial charge in [-0.2, -0.15) is 0 Å². The molecule has 0 unspecified atom stereocenters. The lowest BCUT2D eigenvalue weighted by atomic mass is 10.1. The monoisotopic (exact) mass is 277 g/mol. The smallest absolute Gasteiger partial charge is 0.328 e. The van der Waals surface area contributed by atoms with Gasteiger partial charge in [0, 0.05) is 32.3 Å². The summed E-state index contributed by atoms with van der Waals surface area (Å²) in [4.78, 5) is 12.9. The minimum Gasteiger partial charge on any atom is -0.478 e. The fourth-order valence-corrected chi connectivity index (χ4v) is 1.95. The third kappa shape index (κ3) is 5.55. The molecule has 0 bridgehead atoms. The van der Waals surface area contributed by atoms with Gasteiger partial charge in [0.2, 0.25) is 0 Å². The van der Waals surface area contributed by atoms with Crippen molar-refractivity contribution in [2.45, 2.75) is 26.4 Å². The van der Waals surface area contributed by atoms with Crippen LogP contribution in [0, 0.1) is 0 Å². The van der Waals surface area contributed by atoms with Crippen LogP contribution in [-0.4, -0.2) is 42.3 Å². The fraction of sp³-hybridized carbons (Fsp3) is 0.438. The number of nitrogens with zero attached hydrogens (tertiary/aromatic N) is 1. The third-order valence-corrected chi connectivity index (χ3v) is 3.15. The maximum absolute atomic E-state index is 10.6. The summed E-state index contributed by atoms with van der Waals surface area (Å²) in [5.74, 6) is -0.931. The number of carboxylic acid groups (broad SMARTS) is 1. The standard InChI is InChI=1S/C16H23NO3/c1-13(2)17(10-11-20-3)12-15-7-5-4-6-14(15)8-9-16(18)19/h4-9,13H,10-12H2,1-3H3,(H,18,19)/b9-8+. The molecule has 0 atom stereocenters. The lowest BCUT2D eigenvalue weighted by Gasteiger charge is -2.26. The average molecular weight is 277 g/mol. The second-order valence-corrected chi connectivity index (χ2v) is 4.93. The number of ether oxygens (including phenoxy) is 1. The maximum Gasteiger partial charge on any atom is 0.328 e. The van der Waals surface area contributed by atoms with Crippen LogP contribution in [0.15, 0.2) is 30.3 Å². The van der Waals surface area contributed by atoms with Gasteiger partial charge >= 0.3 is 5.97 Å². The molecule has 0 aliphatic heterocycles. The number of rotatable bonds is 8. The maximum atomic E-state index is 10.6. The van der Waals surface area contributed by atoms with Crippen LogP contribution < -0.4 is 0 Å². The largest absolute Gasteiger partial charge is 0.478 e. The van der Waals surface area contributed by atoms with E-state index in [1.807, 2.05) is 24.3 Å². The van der Waals surface area contributed by atoms with E-state index in [0.29, 0.717) is 12.6 Å². The van der Waals surface area contributed by atoms with Gasteiger partial charge in [-0.05, 0) is 31.1 Å². The highest BCUT2D eigenvalue weighted by atomic mass is 16.5. The second-order valence-electron chi connectivity index (χ2n) is 4.93. The van der Waals surface area contributed by atoms with Crippen molar-refractivity contribution in [1.29, 1.82) is 0 Å². The molecule has 0 aromatic heterocycles. The number of carboxylic acids is 1. The Morgan fingerprint density at radius 1 is 1.40 bits per heavy atom. The van der Waals surface area contributed by atoms with Gasteiger partial charge < -0.3 is 9.84 Å². The molecular formula is C16H23NO3. The van der Waals surface area contributed by atoms with E-state index < -0.39 is 5.97 Å². The van der Waals surface area contributed by atoms with Crippen molar-refractivity contribution >= 4 is 12.0 Å². The molecular weight excluding hydrogens is 254 g/mol. The zero-order chi connectivity index (χ0) is 15.0. The molecule has 1 rings (SSSR count). The molecule has 0 aliphatic carbocycles. The molecule has 0 saturated carbocycles. The van der Waals surface area contributed by atoms with E-state index in [1.54, 1.807) is 13.2 Å². The third-order valence-electron chi connectivity index (χ3n) is 3.15. The highest BCUT2D eigenvalue weighted by Crippen LogP contribution is 2.15. The van der Waals surface area contributed by atoms with E-state index >= 15 is 0 Å². The van der Waals surface area contributed by atoms with Crippen LogP contribution in [0.1, 0.15) is 25.0 Å². The first-order valence-electron chi connectivity index (χ1n) is 6.76. The summed E-state index contributed by atoms with van der Waals surface area (Å²) in [5.41, 5.74) is 2.06. The van der Waals surface area contributed by atoms with E-state index in [1.165, 1.54) is 6.08 Å². The molecule has 110 valence electrons. The molecule has 4 heteroatoms. The molecule has 1 aromatic rings. The van der Waals surface area contributed by atoms with Crippen LogP contribution in [0.2, 0.25) is 0 Å². The second kappa shape index (κ2) is 8.51. The molecule has 0 radical (unpaired) electrons. The van der Waals surface area contributed by atoms with Crippen molar-refractivity contribution in [3.05, 3.63) is 41.5 Å². The van der Waals surface area contributed by atoms with Gasteiger partial charge in [0.1, 0.15) is 0 Å². The summed E-state index contributed by atoms with van der Waals surface area (Å²) in [7, 11) is 1.70. The molecule has 0 heterocycles. The van der Waals surface area contributed by atoms with E-state index in [9.17, 15) is 4.79 Å². The van der Waals surface area contributed by atoms with Gasteiger partial charge in [-0.25, -0.2) is 4.79 Å². The van der Waals surface area contributed by atoms with E-state index in [2.05, 4.69) is 18.7 Å². The molecule has 1 N–H and O–H groups in total. The summed E-state index contributed by atoms with van der Waals surface area (Å²) in [6.45, 7) is 6.61. The fourth-order valence-electron chi connectivity index (χ4n) is 1.95. The van der Waals surface area contributed by atoms with Crippen molar-refractivity contribution in [2.75, 3.05) is 20.3 Å². The van der Waals surface area contributed by atoms with Gasteiger partial charge in [0.05, 0.1) is 6.61 Å². The Morgan fingerprint density at radius 3 is 2.70 bits per heavy atom. The van der Waals surface area contributed by atoms with Gasteiger partial charge in [-0.3, -0.25) is 4.90 Å². The Balaban J connectivity index is 2.86. The lowest BCUT2D eigenvalue weighted by molar-refractivity contribution is -0.131. The van der Waals surface area contributed by atoms with Crippen molar-refractivity contribution in [3.63, 3.8) is 0 Å². The Labute approximate surface area is 120 Å². The van der Waals surface area contributed by atoms with Gasteiger partial charge in [-0.15, -0.1) is 0 Å². The summed E-state index contributed by atoms with van der Waals surface area (Å²) in [6.07, 6.45) is 2.82. The Bertz CT molecular complexity index is 455. The number of carbonyl (C=O) groups is 1. The summed E-state index contributed by atoms with van der Waals surface area (Å²) in [5, 5.41) is 8.74. The van der Waals surface area contributed by atoms with Crippen LogP contribution >= 0.6 is 0 Å². The first-order chi connectivity index (χ1) is 9.54. The highest BCUT2D eigenvalue weighted by molar-refractivity contribution is 5.85. The molecule has 0 spiro atoms. The first kappa shape index (κ1) is 16.4. The molecule has 0 fully saturated rings. The minimum absolute atomic E-state index is 0.404. The summed E-state index contributed by atoms with van der Waals surface area (Å²) < 4.78 is 5.14. The molecule has 20 heavy (non-hydrogen) atoms. The van der Waals surface area contributed by atoms with Crippen LogP contribution in [0.5, 0.6) is 0 Å². The number of methoxy groups -OCH3 is 1. The number of hydrogen-bond donors (Lipinski definition) is 1. The predicted molar refractivity (Wildman–Crippen MR) is 80.5 cm³/mol. The normalized spacial score (nSPS) is 11.7. The molecule has 0 amide bonds. The minimum atomic E-state index is -0.931. The van der Waals surface area contributed by atoms with Crippen LogP contribution in [0.25, 0.3) is 6.08 Å². The van der Waals surface area contributed by atoms with Crippen LogP contribution in [-0.2, 0) is 16.1 Å². The van der Waals surface area contributed by atoms with E-state index in [-0.39, 0.29) is 0 Å². The Kier molecular flexibility index (Phi) is 6.98. The zero-order valence-corrected chi connectivity index (χ0v) is 12.4. The lowest BCUT2D eigenvalue weighted by Crippen LogP contribution is -2.33. The van der Waals surface area contributed by atoms with Gasteiger partial charge in [0.15, 0.2) is 0 Å². The molecule has 4 nitrogen and oxygen atoms in total. The average Bonchev–Trinajstić information content (AvgIpc) is 2.41. The summed E-state index contributed by atoms with van der Waals surface area (Å²) >= 11 is 0. The summed E-state index contributed by atoms with van der Waals surface area (Å²) in [6, 6.07) is 8.26. The quantitative estimate of drug-likeness (QED) is 0.742. The molecule has 1 aromatic carbocycles. The SMILES string of the molecule is COCCN(Cc1ccccc1/C=C/C(=O)O)C(C)C. The Hall–Kier alpha value is -1.65. The number of benzene rings is 1. The molecule has 0 aliphatic rings. The molecule has 0 saturated heterocycles. The van der Waals surface area contributed by atoms with Crippen molar-refractivity contribution in [1.82, 2.24) is 4.90 Å². The Morgan fingerprint density at radius 2 is 2.10 bits per heavy atom. The van der Waals surface area contributed by atoms with Gasteiger partial charge in [0.25, 0.3) is 0 Å². The topological polar surface area (TPSA) is 49.8 Å². The van der Waals surface area contributed by atoms with E-state index in [0.717, 1.165) is 24.2 Å². The number of aliphatic carboxylic acids is 1. The number of hydrogen-bond acceptors (Lipinski definition) is 3. The van der Waals surface area contributed by atoms with Crippen molar-refractivity contribution in [2.24, 2.45) is 0 Å².